The highest BCUT2D eigenvalue weighted by atomic mass is 79.9. The lowest BCUT2D eigenvalue weighted by atomic mass is 10.1. The highest BCUT2D eigenvalue weighted by Gasteiger charge is 2.10. The molecule has 0 fully saturated rings. The molecule has 8 heteroatoms. The summed E-state index contributed by atoms with van der Waals surface area (Å²) >= 11 is 16.6. The second-order valence-electron chi connectivity index (χ2n) is 6.29. The summed E-state index contributed by atoms with van der Waals surface area (Å²) in [5.41, 5.74) is 5.15. The topological polar surface area (TPSA) is 50.7 Å². The molecule has 0 atom stereocenters. The van der Waals surface area contributed by atoms with Crippen LogP contribution in [0.2, 0.25) is 5.02 Å². The first-order chi connectivity index (χ1) is 14.4. The number of nitrogens with zero attached hydrogens (tertiary/aromatic N) is 1. The second kappa shape index (κ2) is 11.1. The molecule has 0 bridgehead atoms. The van der Waals surface area contributed by atoms with Crippen molar-refractivity contribution in [2.45, 2.75) is 13.0 Å². The van der Waals surface area contributed by atoms with Gasteiger partial charge in [-0.1, -0.05) is 57.9 Å². The SMILES string of the molecule is O=C(Cc1ccc(Br)cc1)N/N=C/c1cc(Br)c(OCc2ccccc2Cl)c(Br)c1. The van der Waals surface area contributed by atoms with Crippen molar-refractivity contribution >= 4 is 71.5 Å². The fourth-order valence-corrected chi connectivity index (χ4v) is 4.47. The molecule has 0 saturated carbocycles. The summed E-state index contributed by atoms with van der Waals surface area (Å²) in [6.07, 6.45) is 1.83. The first-order valence-corrected chi connectivity index (χ1v) is 11.6. The van der Waals surface area contributed by atoms with Gasteiger partial charge in [0, 0.05) is 15.1 Å². The van der Waals surface area contributed by atoms with Crippen LogP contribution in [0.5, 0.6) is 5.75 Å². The zero-order valence-electron chi connectivity index (χ0n) is 15.5. The van der Waals surface area contributed by atoms with Crippen LogP contribution in [0.3, 0.4) is 0 Å². The van der Waals surface area contributed by atoms with Crippen LogP contribution >= 0.6 is 59.4 Å². The van der Waals surface area contributed by atoms with Crippen LogP contribution in [0.1, 0.15) is 16.7 Å². The molecule has 0 spiro atoms. The molecule has 4 nitrogen and oxygen atoms in total. The van der Waals surface area contributed by atoms with E-state index < -0.39 is 0 Å². The molecule has 0 radical (unpaired) electrons. The van der Waals surface area contributed by atoms with Crippen LogP contribution < -0.4 is 10.2 Å². The Labute approximate surface area is 205 Å². The summed E-state index contributed by atoms with van der Waals surface area (Å²) in [6.45, 7) is 0.344. The highest BCUT2D eigenvalue weighted by molar-refractivity contribution is 9.11. The Morgan fingerprint density at radius 1 is 1.03 bits per heavy atom. The third-order valence-corrected chi connectivity index (χ3v) is 6.11. The second-order valence-corrected chi connectivity index (χ2v) is 9.32. The number of carbonyl (C=O) groups excluding carboxylic acids is 1. The van der Waals surface area contributed by atoms with Crippen LogP contribution in [0, 0.1) is 0 Å². The van der Waals surface area contributed by atoms with E-state index in [4.69, 9.17) is 16.3 Å². The minimum absolute atomic E-state index is 0.189. The minimum atomic E-state index is -0.189. The largest absolute Gasteiger partial charge is 0.486 e. The molecule has 1 amide bonds. The summed E-state index contributed by atoms with van der Waals surface area (Å²) in [5, 5.41) is 4.70. The number of nitrogens with one attached hydrogen (secondary N) is 1. The molecule has 3 rings (SSSR count). The van der Waals surface area contributed by atoms with Crippen LogP contribution in [0.4, 0.5) is 0 Å². The normalized spacial score (nSPS) is 10.9. The van der Waals surface area contributed by atoms with Gasteiger partial charge in [0.25, 0.3) is 0 Å². The zero-order valence-corrected chi connectivity index (χ0v) is 21.1. The Bertz CT molecular complexity index is 1050. The number of halogens is 4. The van der Waals surface area contributed by atoms with Crippen molar-refractivity contribution in [2.24, 2.45) is 5.10 Å². The van der Waals surface area contributed by atoms with Gasteiger partial charge in [-0.15, -0.1) is 0 Å². The maximum atomic E-state index is 12.0. The van der Waals surface area contributed by atoms with Gasteiger partial charge in [0.05, 0.1) is 21.6 Å². The molecular weight excluding hydrogens is 599 g/mol. The molecular formula is C22H16Br3ClN2O2. The molecule has 30 heavy (non-hydrogen) atoms. The van der Waals surface area contributed by atoms with Gasteiger partial charge in [-0.05, 0) is 73.3 Å². The lowest BCUT2D eigenvalue weighted by Crippen LogP contribution is -2.19. The van der Waals surface area contributed by atoms with E-state index in [0.717, 1.165) is 30.1 Å². The van der Waals surface area contributed by atoms with Gasteiger partial charge in [-0.3, -0.25) is 4.79 Å². The van der Waals surface area contributed by atoms with E-state index >= 15 is 0 Å². The molecule has 0 aliphatic carbocycles. The van der Waals surface area contributed by atoms with Crippen molar-refractivity contribution in [1.29, 1.82) is 0 Å². The van der Waals surface area contributed by atoms with Gasteiger partial charge < -0.3 is 4.74 Å². The van der Waals surface area contributed by atoms with E-state index in [2.05, 4.69) is 58.3 Å². The van der Waals surface area contributed by atoms with Crippen molar-refractivity contribution in [3.8, 4) is 5.75 Å². The Morgan fingerprint density at radius 2 is 1.70 bits per heavy atom. The summed E-state index contributed by atoms with van der Waals surface area (Å²) < 4.78 is 8.40. The van der Waals surface area contributed by atoms with Crippen molar-refractivity contribution in [1.82, 2.24) is 5.43 Å². The van der Waals surface area contributed by atoms with Crippen LogP contribution in [-0.2, 0) is 17.8 Å². The van der Waals surface area contributed by atoms with E-state index in [1.807, 2.05) is 60.7 Å². The number of ether oxygens (including phenoxy) is 1. The summed E-state index contributed by atoms with van der Waals surface area (Å²) in [7, 11) is 0. The number of hydrazone groups is 1. The Hall–Kier alpha value is -1.67. The van der Waals surface area contributed by atoms with Gasteiger partial charge in [0.2, 0.25) is 5.91 Å². The highest BCUT2D eigenvalue weighted by Crippen LogP contribution is 2.35. The fourth-order valence-electron chi connectivity index (χ4n) is 2.56. The first-order valence-electron chi connectivity index (χ1n) is 8.84. The van der Waals surface area contributed by atoms with E-state index in [9.17, 15) is 4.79 Å². The van der Waals surface area contributed by atoms with E-state index in [1.165, 1.54) is 0 Å². The lowest BCUT2D eigenvalue weighted by molar-refractivity contribution is -0.120. The molecule has 0 aliphatic heterocycles. The molecule has 3 aromatic carbocycles. The Balaban J connectivity index is 1.59. The van der Waals surface area contributed by atoms with E-state index in [-0.39, 0.29) is 12.3 Å². The third-order valence-electron chi connectivity index (χ3n) is 4.03. The van der Waals surface area contributed by atoms with Crippen molar-refractivity contribution in [3.05, 3.63) is 95.8 Å². The van der Waals surface area contributed by atoms with Gasteiger partial charge in [0.1, 0.15) is 12.4 Å². The molecule has 1 N–H and O–H groups in total. The Morgan fingerprint density at radius 3 is 2.37 bits per heavy atom. The van der Waals surface area contributed by atoms with Crippen molar-refractivity contribution in [3.63, 3.8) is 0 Å². The van der Waals surface area contributed by atoms with Gasteiger partial charge in [0.15, 0.2) is 0 Å². The zero-order chi connectivity index (χ0) is 21.5. The number of amides is 1. The molecule has 154 valence electrons. The van der Waals surface area contributed by atoms with Gasteiger partial charge in [-0.2, -0.15) is 5.10 Å². The molecule has 0 saturated heterocycles. The minimum Gasteiger partial charge on any atom is -0.486 e. The quantitative estimate of drug-likeness (QED) is 0.232. The number of carbonyl (C=O) groups is 1. The predicted octanol–water partition coefficient (Wildman–Crippen LogP) is 6.90. The van der Waals surface area contributed by atoms with Crippen LogP contribution in [0.25, 0.3) is 0 Å². The van der Waals surface area contributed by atoms with E-state index in [0.29, 0.717) is 17.4 Å². The average molecular weight is 616 g/mol. The maximum Gasteiger partial charge on any atom is 0.244 e. The third kappa shape index (κ3) is 6.67. The standard InChI is InChI=1S/C22H16Br3ClN2O2/c23-17-7-5-14(6-8-17)11-21(29)28-27-12-15-9-18(24)22(19(25)10-15)30-13-16-3-1-2-4-20(16)26/h1-10,12H,11,13H2,(H,28,29)/b27-12+. The smallest absolute Gasteiger partial charge is 0.244 e. The molecule has 0 aromatic heterocycles. The molecule has 0 aliphatic rings. The van der Waals surface area contributed by atoms with Gasteiger partial charge >= 0.3 is 0 Å². The van der Waals surface area contributed by atoms with Crippen LogP contribution in [0.15, 0.2) is 79.2 Å². The van der Waals surface area contributed by atoms with Gasteiger partial charge in [-0.25, -0.2) is 5.43 Å². The number of rotatable bonds is 7. The average Bonchev–Trinajstić information content (AvgIpc) is 2.70. The Kier molecular flexibility index (Phi) is 8.50. The summed E-state index contributed by atoms with van der Waals surface area (Å²) in [4.78, 5) is 12.0. The van der Waals surface area contributed by atoms with Crippen LogP contribution in [-0.4, -0.2) is 12.1 Å². The fraction of sp³-hybridized carbons (Fsp3) is 0.0909. The summed E-state index contributed by atoms with van der Waals surface area (Å²) in [5.74, 6) is 0.470. The van der Waals surface area contributed by atoms with Crippen molar-refractivity contribution < 1.29 is 9.53 Å². The lowest BCUT2D eigenvalue weighted by Gasteiger charge is -2.12. The number of hydrogen-bond acceptors (Lipinski definition) is 3. The predicted molar refractivity (Wildman–Crippen MR) is 131 cm³/mol. The molecule has 0 heterocycles. The number of hydrogen-bond donors (Lipinski definition) is 1. The monoisotopic (exact) mass is 612 g/mol. The molecule has 3 aromatic rings. The van der Waals surface area contributed by atoms with Crippen molar-refractivity contribution in [2.75, 3.05) is 0 Å². The maximum absolute atomic E-state index is 12.0. The van der Waals surface area contributed by atoms with E-state index in [1.54, 1.807) is 6.21 Å². The molecule has 0 unspecified atom stereocenters. The summed E-state index contributed by atoms with van der Waals surface area (Å²) in [6, 6.07) is 18.8. The number of benzene rings is 3. The first kappa shape index (κ1) is 23.0.